The van der Waals surface area contributed by atoms with Crippen LogP contribution in [0.4, 0.5) is 5.69 Å². The van der Waals surface area contributed by atoms with E-state index in [2.05, 4.69) is 18.8 Å². The van der Waals surface area contributed by atoms with E-state index in [9.17, 15) is 0 Å². The van der Waals surface area contributed by atoms with E-state index in [-0.39, 0.29) is 0 Å². The van der Waals surface area contributed by atoms with Crippen molar-refractivity contribution in [1.82, 2.24) is 4.98 Å². The van der Waals surface area contributed by atoms with Crippen LogP contribution in [-0.4, -0.2) is 11.1 Å². The average molecular weight is 220 g/mol. The molecule has 0 aliphatic heterocycles. The summed E-state index contributed by atoms with van der Waals surface area (Å²) in [5.41, 5.74) is 6.40. The van der Waals surface area contributed by atoms with E-state index < -0.39 is 0 Å². The zero-order chi connectivity index (χ0) is 11.5. The minimum atomic E-state index is 0.306. The molecular weight excluding hydrogens is 200 g/mol. The third-order valence-corrected chi connectivity index (χ3v) is 3.60. The second kappa shape index (κ2) is 4.73. The van der Waals surface area contributed by atoms with Crippen LogP contribution in [0.2, 0.25) is 0 Å². The van der Waals surface area contributed by atoms with Crippen LogP contribution in [0.15, 0.2) is 18.3 Å². The highest BCUT2D eigenvalue weighted by Gasteiger charge is 2.25. The minimum Gasteiger partial charge on any atom is -0.474 e. The van der Waals surface area contributed by atoms with Crippen molar-refractivity contribution in [2.45, 2.75) is 39.2 Å². The van der Waals surface area contributed by atoms with Gasteiger partial charge in [-0.2, -0.15) is 0 Å². The van der Waals surface area contributed by atoms with Gasteiger partial charge in [0.25, 0.3) is 0 Å². The fourth-order valence-electron chi connectivity index (χ4n) is 2.27. The summed E-state index contributed by atoms with van der Waals surface area (Å²) in [5, 5.41) is 0. The maximum absolute atomic E-state index is 5.86. The summed E-state index contributed by atoms with van der Waals surface area (Å²) < 4.78 is 5.86. The van der Waals surface area contributed by atoms with E-state index in [1.807, 2.05) is 0 Å². The fraction of sp³-hybridized carbons (Fsp3) is 0.615. The third kappa shape index (κ3) is 2.65. The molecule has 1 fully saturated rings. The van der Waals surface area contributed by atoms with Crippen LogP contribution in [0.3, 0.4) is 0 Å². The summed E-state index contributed by atoms with van der Waals surface area (Å²) >= 11 is 0. The van der Waals surface area contributed by atoms with Crippen molar-refractivity contribution >= 4 is 5.69 Å². The first-order chi connectivity index (χ1) is 7.65. The Morgan fingerprint density at radius 1 is 1.31 bits per heavy atom. The number of ether oxygens (including phenoxy) is 1. The predicted molar refractivity (Wildman–Crippen MR) is 65.2 cm³/mol. The molecule has 0 bridgehead atoms. The minimum absolute atomic E-state index is 0.306. The summed E-state index contributed by atoms with van der Waals surface area (Å²) in [6.45, 7) is 4.62. The molecule has 88 valence electrons. The Labute approximate surface area is 97.0 Å². The van der Waals surface area contributed by atoms with Gasteiger partial charge in [-0.25, -0.2) is 4.98 Å². The number of nitrogen functional groups attached to an aromatic ring is 1. The largest absolute Gasteiger partial charge is 0.474 e. The van der Waals surface area contributed by atoms with Gasteiger partial charge in [0.2, 0.25) is 5.88 Å². The Kier molecular flexibility index (Phi) is 3.32. The van der Waals surface area contributed by atoms with E-state index in [0.29, 0.717) is 17.7 Å². The van der Waals surface area contributed by atoms with Crippen molar-refractivity contribution in [3.05, 3.63) is 18.3 Å². The molecule has 3 atom stereocenters. The zero-order valence-corrected chi connectivity index (χ0v) is 10.0. The molecule has 0 radical (unpaired) electrons. The lowest BCUT2D eigenvalue weighted by Gasteiger charge is -2.31. The van der Waals surface area contributed by atoms with E-state index >= 15 is 0 Å². The fourth-order valence-corrected chi connectivity index (χ4v) is 2.27. The lowest BCUT2D eigenvalue weighted by Crippen LogP contribution is -2.29. The molecule has 0 amide bonds. The molecule has 1 aromatic rings. The van der Waals surface area contributed by atoms with Gasteiger partial charge >= 0.3 is 0 Å². The molecule has 1 aliphatic rings. The quantitative estimate of drug-likeness (QED) is 0.833. The van der Waals surface area contributed by atoms with Gasteiger partial charge in [-0.15, -0.1) is 0 Å². The number of hydrogen-bond donors (Lipinski definition) is 1. The Hall–Kier alpha value is -1.25. The van der Waals surface area contributed by atoms with Crippen LogP contribution in [0.1, 0.15) is 33.1 Å². The molecule has 3 nitrogen and oxygen atoms in total. The Bertz CT molecular complexity index is 354. The number of anilines is 1. The van der Waals surface area contributed by atoms with Crippen LogP contribution >= 0.6 is 0 Å². The number of nitrogens with zero attached hydrogens (tertiary/aromatic N) is 1. The van der Waals surface area contributed by atoms with Crippen LogP contribution in [0.25, 0.3) is 0 Å². The highest BCUT2D eigenvalue weighted by molar-refractivity contribution is 5.39. The van der Waals surface area contributed by atoms with Crippen LogP contribution in [0.5, 0.6) is 5.88 Å². The standard InChI is InChI=1S/C13H20N2O/c1-9-3-4-12(7-10(9)2)16-13-8-11(14)5-6-15-13/h5-6,8-10,12H,3-4,7H2,1-2H3,(H2,14,15). The molecule has 16 heavy (non-hydrogen) atoms. The van der Waals surface area contributed by atoms with Crippen molar-refractivity contribution in [3.63, 3.8) is 0 Å². The first-order valence-electron chi connectivity index (χ1n) is 6.03. The number of rotatable bonds is 2. The summed E-state index contributed by atoms with van der Waals surface area (Å²) in [7, 11) is 0. The number of hydrogen-bond acceptors (Lipinski definition) is 3. The summed E-state index contributed by atoms with van der Waals surface area (Å²) in [6, 6.07) is 3.57. The SMILES string of the molecule is CC1CCC(Oc2cc(N)ccn2)CC1C. The van der Waals surface area contributed by atoms with Crippen molar-refractivity contribution < 1.29 is 4.74 Å². The van der Waals surface area contributed by atoms with Crippen molar-refractivity contribution in [2.24, 2.45) is 11.8 Å². The van der Waals surface area contributed by atoms with E-state index in [0.717, 1.165) is 24.7 Å². The van der Waals surface area contributed by atoms with E-state index in [4.69, 9.17) is 10.5 Å². The molecule has 2 rings (SSSR count). The van der Waals surface area contributed by atoms with Crippen LogP contribution < -0.4 is 10.5 Å². The molecule has 3 heteroatoms. The second-order valence-corrected chi connectivity index (χ2v) is 4.93. The maximum Gasteiger partial charge on any atom is 0.215 e. The summed E-state index contributed by atoms with van der Waals surface area (Å²) in [4.78, 5) is 4.18. The lowest BCUT2D eigenvalue weighted by molar-refractivity contribution is 0.0965. The predicted octanol–water partition coefficient (Wildman–Crippen LogP) is 2.87. The van der Waals surface area contributed by atoms with Crippen LogP contribution in [0, 0.1) is 11.8 Å². The third-order valence-electron chi connectivity index (χ3n) is 3.60. The number of nitrogens with two attached hydrogens (primary N) is 1. The molecular formula is C13H20N2O. The van der Waals surface area contributed by atoms with E-state index in [1.165, 1.54) is 6.42 Å². The van der Waals surface area contributed by atoms with Crippen LogP contribution in [-0.2, 0) is 0 Å². The second-order valence-electron chi connectivity index (χ2n) is 4.93. The molecule has 3 unspecified atom stereocenters. The van der Waals surface area contributed by atoms with Gasteiger partial charge in [0.1, 0.15) is 6.10 Å². The molecule has 1 aliphatic carbocycles. The van der Waals surface area contributed by atoms with Gasteiger partial charge in [-0.05, 0) is 37.2 Å². The normalized spacial score (nSPS) is 30.0. The van der Waals surface area contributed by atoms with Gasteiger partial charge in [0.15, 0.2) is 0 Å². The highest BCUT2D eigenvalue weighted by atomic mass is 16.5. The maximum atomic E-state index is 5.86. The van der Waals surface area contributed by atoms with Crippen molar-refractivity contribution in [2.75, 3.05) is 5.73 Å². The zero-order valence-electron chi connectivity index (χ0n) is 10.0. The highest BCUT2D eigenvalue weighted by Crippen LogP contribution is 2.31. The molecule has 2 N–H and O–H groups in total. The molecule has 1 saturated carbocycles. The molecule has 1 aromatic heterocycles. The summed E-state index contributed by atoms with van der Waals surface area (Å²) in [6.07, 6.45) is 5.49. The van der Waals surface area contributed by atoms with Crippen molar-refractivity contribution in [1.29, 1.82) is 0 Å². The van der Waals surface area contributed by atoms with Gasteiger partial charge < -0.3 is 10.5 Å². The number of pyridine rings is 1. The molecule has 1 heterocycles. The number of aromatic nitrogens is 1. The summed E-state index contributed by atoms with van der Waals surface area (Å²) in [5.74, 6) is 2.21. The Morgan fingerprint density at radius 3 is 2.81 bits per heavy atom. The van der Waals surface area contributed by atoms with Gasteiger partial charge in [-0.1, -0.05) is 13.8 Å². The van der Waals surface area contributed by atoms with Gasteiger partial charge in [0, 0.05) is 18.0 Å². The van der Waals surface area contributed by atoms with Crippen molar-refractivity contribution in [3.8, 4) is 5.88 Å². The van der Waals surface area contributed by atoms with Gasteiger partial charge in [-0.3, -0.25) is 0 Å². The van der Waals surface area contributed by atoms with E-state index in [1.54, 1.807) is 18.3 Å². The first kappa shape index (κ1) is 11.2. The topological polar surface area (TPSA) is 48.1 Å². The lowest BCUT2D eigenvalue weighted by atomic mass is 9.80. The average Bonchev–Trinajstić information content (AvgIpc) is 2.24. The molecule has 0 aromatic carbocycles. The monoisotopic (exact) mass is 220 g/mol. The van der Waals surface area contributed by atoms with Gasteiger partial charge in [0.05, 0.1) is 0 Å². The molecule has 0 saturated heterocycles. The molecule has 0 spiro atoms. The Morgan fingerprint density at radius 2 is 2.12 bits per heavy atom. The first-order valence-corrected chi connectivity index (χ1v) is 6.03. The Balaban J connectivity index is 1.95. The smallest absolute Gasteiger partial charge is 0.215 e.